The Morgan fingerprint density at radius 3 is 2.07 bits per heavy atom. The van der Waals surface area contributed by atoms with Crippen molar-refractivity contribution in [3.63, 3.8) is 0 Å². The number of hydrogen-bond donors (Lipinski definition) is 3. The van der Waals surface area contributed by atoms with Crippen LogP contribution in [-0.2, 0) is 32.1 Å². The highest BCUT2D eigenvalue weighted by Gasteiger charge is 2.25. The number of carboxylic acid groups (broad SMARTS) is 1. The fraction of sp³-hybridized carbons (Fsp3) is 0.250. The smallest absolute Gasteiger partial charge is 0.326 e. The second-order valence-corrected chi connectivity index (χ2v) is 6.05. The number of rotatable bonds is 9. The lowest BCUT2D eigenvalue weighted by molar-refractivity contribution is -0.147. The summed E-state index contributed by atoms with van der Waals surface area (Å²) in [6.45, 7) is 0.0831. The van der Waals surface area contributed by atoms with Gasteiger partial charge in [0.1, 0.15) is 12.6 Å². The van der Waals surface area contributed by atoms with Crippen LogP contribution in [0.15, 0.2) is 60.7 Å². The zero-order chi connectivity index (χ0) is 19.6. The number of hydrogen-bond acceptors (Lipinski definition) is 5. The average molecular weight is 370 g/mol. The van der Waals surface area contributed by atoms with Crippen molar-refractivity contribution in [2.24, 2.45) is 5.73 Å². The minimum Gasteiger partial charge on any atom is -0.480 e. The van der Waals surface area contributed by atoms with Gasteiger partial charge in [-0.3, -0.25) is 9.59 Å². The van der Waals surface area contributed by atoms with Crippen LogP contribution in [-0.4, -0.2) is 35.0 Å². The third-order valence-electron chi connectivity index (χ3n) is 3.86. The molecule has 27 heavy (non-hydrogen) atoms. The zero-order valence-electron chi connectivity index (χ0n) is 14.7. The molecule has 1 amide bonds. The van der Waals surface area contributed by atoms with Gasteiger partial charge in [0.25, 0.3) is 0 Å². The second-order valence-electron chi connectivity index (χ2n) is 6.05. The van der Waals surface area contributed by atoms with Gasteiger partial charge >= 0.3 is 11.9 Å². The highest BCUT2D eigenvalue weighted by atomic mass is 16.5. The Balaban J connectivity index is 1.83. The molecule has 0 spiro atoms. The van der Waals surface area contributed by atoms with Crippen molar-refractivity contribution >= 4 is 17.8 Å². The van der Waals surface area contributed by atoms with E-state index < -0.39 is 29.9 Å². The number of carboxylic acids is 1. The van der Waals surface area contributed by atoms with Gasteiger partial charge in [-0.1, -0.05) is 60.7 Å². The highest BCUT2D eigenvalue weighted by molar-refractivity contribution is 5.89. The molecule has 0 aliphatic carbocycles. The maximum atomic E-state index is 12.2. The SMILES string of the molecule is N[C@@H](CC(=O)OCc1ccccc1)C(=O)N[C@@H](Cc1ccccc1)C(=O)O. The van der Waals surface area contributed by atoms with E-state index in [1.807, 2.05) is 24.3 Å². The van der Waals surface area contributed by atoms with Crippen molar-refractivity contribution < 1.29 is 24.2 Å². The molecule has 0 bridgehead atoms. The molecule has 0 saturated heterocycles. The molecule has 0 radical (unpaired) electrons. The molecule has 142 valence electrons. The minimum atomic E-state index is -1.19. The summed E-state index contributed by atoms with van der Waals surface area (Å²) in [5.74, 6) is -2.52. The summed E-state index contributed by atoms with van der Waals surface area (Å²) in [7, 11) is 0. The summed E-state index contributed by atoms with van der Waals surface area (Å²) >= 11 is 0. The van der Waals surface area contributed by atoms with Crippen LogP contribution in [0.25, 0.3) is 0 Å². The molecule has 7 heteroatoms. The van der Waals surface area contributed by atoms with Crippen LogP contribution < -0.4 is 11.1 Å². The van der Waals surface area contributed by atoms with Crippen LogP contribution in [0.5, 0.6) is 0 Å². The lowest BCUT2D eigenvalue weighted by atomic mass is 10.1. The number of esters is 1. The zero-order valence-corrected chi connectivity index (χ0v) is 14.7. The molecule has 2 aromatic rings. The average Bonchev–Trinajstić information content (AvgIpc) is 2.67. The third-order valence-corrected chi connectivity index (χ3v) is 3.86. The number of nitrogens with two attached hydrogens (primary N) is 1. The summed E-state index contributed by atoms with van der Waals surface area (Å²) in [4.78, 5) is 35.4. The Bertz CT molecular complexity index is 764. The summed E-state index contributed by atoms with van der Waals surface area (Å²) in [5, 5.41) is 11.7. The molecular weight excluding hydrogens is 348 g/mol. The van der Waals surface area contributed by atoms with Gasteiger partial charge in [-0.05, 0) is 11.1 Å². The Hall–Kier alpha value is -3.19. The summed E-state index contributed by atoms with van der Waals surface area (Å²) < 4.78 is 5.08. The molecule has 0 heterocycles. The first-order chi connectivity index (χ1) is 13.0. The van der Waals surface area contributed by atoms with Crippen LogP contribution in [0.2, 0.25) is 0 Å². The molecule has 0 saturated carbocycles. The monoisotopic (exact) mass is 370 g/mol. The largest absolute Gasteiger partial charge is 0.480 e. The molecule has 4 N–H and O–H groups in total. The normalized spacial score (nSPS) is 12.6. The highest BCUT2D eigenvalue weighted by Crippen LogP contribution is 2.05. The number of carbonyl (C=O) groups excluding carboxylic acids is 2. The van der Waals surface area contributed by atoms with E-state index in [4.69, 9.17) is 10.5 Å². The van der Waals surface area contributed by atoms with Crippen LogP contribution in [0, 0.1) is 0 Å². The number of ether oxygens (including phenoxy) is 1. The topological polar surface area (TPSA) is 119 Å². The molecule has 0 aromatic heterocycles. The first kappa shape index (κ1) is 20.1. The van der Waals surface area contributed by atoms with Gasteiger partial charge in [-0.2, -0.15) is 0 Å². The predicted molar refractivity (Wildman–Crippen MR) is 98.5 cm³/mol. The Kier molecular flexibility index (Phi) is 7.51. The van der Waals surface area contributed by atoms with Crippen molar-refractivity contribution in [1.82, 2.24) is 5.32 Å². The molecule has 0 fully saturated rings. The van der Waals surface area contributed by atoms with Crippen molar-refractivity contribution in [2.75, 3.05) is 0 Å². The van der Waals surface area contributed by atoms with Crippen molar-refractivity contribution in [2.45, 2.75) is 31.5 Å². The maximum Gasteiger partial charge on any atom is 0.326 e. The quantitative estimate of drug-likeness (QED) is 0.572. The van der Waals surface area contributed by atoms with Gasteiger partial charge in [-0.25, -0.2) is 4.79 Å². The number of nitrogens with one attached hydrogen (secondary N) is 1. The standard InChI is InChI=1S/C20H22N2O5/c21-16(12-18(23)27-13-15-9-5-2-6-10-15)19(24)22-17(20(25)26)11-14-7-3-1-4-8-14/h1-10,16-17H,11-13,21H2,(H,22,24)(H,25,26)/t16-,17-/m0/s1. The Labute approximate surface area is 157 Å². The number of carbonyl (C=O) groups is 3. The molecule has 2 atom stereocenters. The Morgan fingerprint density at radius 1 is 0.963 bits per heavy atom. The van der Waals surface area contributed by atoms with E-state index >= 15 is 0 Å². The minimum absolute atomic E-state index is 0.0831. The van der Waals surface area contributed by atoms with E-state index in [0.717, 1.165) is 11.1 Å². The van der Waals surface area contributed by atoms with Crippen molar-refractivity contribution in [1.29, 1.82) is 0 Å². The summed E-state index contributed by atoms with van der Waals surface area (Å²) in [6.07, 6.45) is -0.219. The van der Waals surface area contributed by atoms with E-state index in [1.54, 1.807) is 36.4 Å². The van der Waals surface area contributed by atoms with Gasteiger partial charge in [-0.15, -0.1) is 0 Å². The first-order valence-corrected chi connectivity index (χ1v) is 8.48. The van der Waals surface area contributed by atoms with E-state index in [9.17, 15) is 19.5 Å². The number of amides is 1. The van der Waals surface area contributed by atoms with Crippen LogP contribution in [0.4, 0.5) is 0 Å². The van der Waals surface area contributed by atoms with Crippen LogP contribution >= 0.6 is 0 Å². The lowest BCUT2D eigenvalue weighted by Gasteiger charge is -2.17. The number of aliphatic carboxylic acids is 1. The van der Waals surface area contributed by atoms with Gasteiger partial charge in [0.15, 0.2) is 0 Å². The van der Waals surface area contributed by atoms with E-state index in [-0.39, 0.29) is 19.4 Å². The molecule has 0 aliphatic heterocycles. The predicted octanol–water partition coefficient (Wildman–Crippen LogP) is 1.26. The summed E-state index contributed by atoms with van der Waals surface area (Å²) in [5.41, 5.74) is 7.31. The molecule has 2 rings (SSSR count). The summed E-state index contributed by atoms with van der Waals surface area (Å²) in [6, 6.07) is 15.7. The maximum absolute atomic E-state index is 12.2. The molecule has 2 aromatic carbocycles. The number of benzene rings is 2. The molecular formula is C20H22N2O5. The van der Waals surface area contributed by atoms with Gasteiger partial charge < -0.3 is 20.9 Å². The van der Waals surface area contributed by atoms with Gasteiger partial charge in [0, 0.05) is 6.42 Å². The van der Waals surface area contributed by atoms with E-state index in [0.29, 0.717) is 0 Å². The Morgan fingerprint density at radius 2 is 1.52 bits per heavy atom. The first-order valence-electron chi connectivity index (χ1n) is 8.48. The lowest BCUT2D eigenvalue weighted by Crippen LogP contribution is -2.50. The van der Waals surface area contributed by atoms with Gasteiger partial charge in [0.2, 0.25) is 5.91 Å². The van der Waals surface area contributed by atoms with Crippen molar-refractivity contribution in [3.8, 4) is 0 Å². The van der Waals surface area contributed by atoms with Gasteiger partial charge in [0.05, 0.1) is 12.5 Å². The molecule has 0 aliphatic rings. The van der Waals surface area contributed by atoms with Crippen LogP contribution in [0.1, 0.15) is 17.5 Å². The fourth-order valence-electron chi connectivity index (χ4n) is 2.40. The van der Waals surface area contributed by atoms with E-state index in [1.165, 1.54) is 0 Å². The fourth-order valence-corrected chi connectivity index (χ4v) is 2.40. The van der Waals surface area contributed by atoms with Crippen molar-refractivity contribution in [3.05, 3.63) is 71.8 Å². The molecule has 7 nitrogen and oxygen atoms in total. The van der Waals surface area contributed by atoms with E-state index in [2.05, 4.69) is 5.32 Å². The van der Waals surface area contributed by atoms with Crippen LogP contribution in [0.3, 0.4) is 0 Å². The third kappa shape index (κ3) is 6.91. The second kappa shape index (κ2) is 10.1. The molecule has 0 unspecified atom stereocenters.